The van der Waals surface area contributed by atoms with Crippen molar-refractivity contribution >= 4 is 18.0 Å². The molecule has 10 nitrogen and oxygen atoms in total. The Morgan fingerprint density at radius 1 is 0.848 bits per heavy atom. The molecule has 0 aliphatic rings. The molecule has 0 aliphatic carbocycles. The monoisotopic (exact) mass is 631 g/mol. The van der Waals surface area contributed by atoms with E-state index < -0.39 is 42.0 Å². The highest BCUT2D eigenvalue weighted by Crippen LogP contribution is 2.16. The molecule has 248 valence electrons. The van der Waals surface area contributed by atoms with Crippen LogP contribution in [0.2, 0.25) is 0 Å². The topological polar surface area (TPSA) is 133 Å². The molecule has 0 saturated carbocycles. The SMILES string of the molecule is CC(C)[C@H](NC(=O)N(C)Cc1ccccn1)C(=O)N[C@@H](Cc1ccccc1)C[C@H](O)[C@H](Cc1ccccc1)NC(=O)OC(C)(C)C. The molecule has 1 heterocycles. The van der Waals surface area contributed by atoms with E-state index in [4.69, 9.17) is 4.74 Å². The summed E-state index contributed by atoms with van der Waals surface area (Å²) in [4.78, 5) is 45.4. The Balaban J connectivity index is 1.78. The van der Waals surface area contributed by atoms with Gasteiger partial charge >= 0.3 is 12.1 Å². The van der Waals surface area contributed by atoms with Crippen LogP contribution in [0.3, 0.4) is 0 Å². The Labute approximate surface area is 273 Å². The number of rotatable bonds is 14. The molecule has 2 aromatic carbocycles. The number of carbonyl (C=O) groups excluding carboxylic acids is 3. The third-order valence-electron chi connectivity index (χ3n) is 7.36. The summed E-state index contributed by atoms with van der Waals surface area (Å²) in [6, 6.07) is 22.3. The van der Waals surface area contributed by atoms with Gasteiger partial charge in [0, 0.05) is 19.3 Å². The molecule has 0 radical (unpaired) electrons. The number of aromatic nitrogens is 1. The average molecular weight is 632 g/mol. The normalized spacial score (nSPS) is 14.0. The summed E-state index contributed by atoms with van der Waals surface area (Å²) in [5.41, 5.74) is 1.93. The Bertz CT molecular complexity index is 1370. The van der Waals surface area contributed by atoms with Crippen LogP contribution >= 0.6 is 0 Å². The molecule has 3 aromatic rings. The second-order valence-corrected chi connectivity index (χ2v) is 13.0. The molecule has 0 bridgehead atoms. The minimum atomic E-state index is -1.03. The van der Waals surface area contributed by atoms with E-state index in [1.54, 1.807) is 34.0 Å². The molecule has 3 rings (SSSR count). The number of pyridine rings is 1. The Morgan fingerprint density at radius 2 is 1.43 bits per heavy atom. The zero-order valence-corrected chi connectivity index (χ0v) is 27.8. The summed E-state index contributed by atoms with van der Waals surface area (Å²) in [7, 11) is 1.65. The van der Waals surface area contributed by atoms with Gasteiger partial charge in [-0.15, -0.1) is 0 Å². The van der Waals surface area contributed by atoms with Gasteiger partial charge in [-0.05, 0) is 69.2 Å². The maximum atomic E-state index is 13.8. The van der Waals surface area contributed by atoms with E-state index in [1.165, 1.54) is 4.90 Å². The number of ether oxygens (including phenoxy) is 1. The zero-order chi connectivity index (χ0) is 33.7. The van der Waals surface area contributed by atoms with Crippen molar-refractivity contribution in [1.82, 2.24) is 25.8 Å². The van der Waals surface area contributed by atoms with Crippen LogP contribution in [0.15, 0.2) is 85.1 Å². The van der Waals surface area contributed by atoms with E-state index in [9.17, 15) is 19.5 Å². The minimum Gasteiger partial charge on any atom is -0.444 e. The van der Waals surface area contributed by atoms with Gasteiger partial charge in [0.25, 0.3) is 0 Å². The van der Waals surface area contributed by atoms with E-state index in [2.05, 4.69) is 20.9 Å². The summed E-state index contributed by atoms with van der Waals surface area (Å²) in [6.45, 7) is 9.36. The first kappa shape index (κ1) is 36.0. The molecule has 0 spiro atoms. The number of amides is 4. The van der Waals surface area contributed by atoms with Gasteiger partial charge < -0.3 is 30.7 Å². The van der Waals surface area contributed by atoms with Crippen molar-refractivity contribution in [3.05, 3.63) is 102 Å². The van der Waals surface area contributed by atoms with Crippen LogP contribution in [-0.2, 0) is 28.9 Å². The van der Waals surface area contributed by atoms with Crippen LogP contribution in [0.1, 0.15) is 57.9 Å². The van der Waals surface area contributed by atoms with Crippen LogP contribution < -0.4 is 16.0 Å². The number of nitrogens with one attached hydrogen (secondary N) is 3. The highest BCUT2D eigenvalue weighted by Gasteiger charge is 2.31. The summed E-state index contributed by atoms with van der Waals surface area (Å²) < 4.78 is 5.49. The Hall–Kier alpha value is -4.44. The van der Waals surface area contributed by atoms with Gasteiger partial charge in [-0.25, -0.2) is 9.59 Å². The summed E-state index contributed by atoms with van der Waals surface area (Å²) in [6.07, 6.45) is 0.950. The molecule has 4 amide bonds. The van der Waals surface area contributed by atoms with Crippen molar-refractivity contribution in [1.29, 1.82) is 0 Å². The van der Waals surface area contributed by atoms with Crippen LogP contribution in [-0.4, -0.2) is 69.9 Å². The number of aliphatic hydroxyl groups is 1. The number of nitrogens with zero attached hydrogens (tertiary/aromatic N) is 2. The fourth-order valence-electron chi connectivity index (χ4n) is 5.03. The molecule has 4 N–H and O–H groups in total. The number of benzene rings is 2. The molecular formula is C36H49N5O5. The van der Waals surface area contributed by atoms with Crippen LogP contribution in [0.5, 0.6) is 0 Å². The smallest absolute Gasteiger partial charge is 0.407 e. The summed E-state index contributed by atoms with van der Waals surface area (Å²) in [5, 5.41) is 20.4. The Kier molecular flexibility index (Phi) is 13.6. The van der Waals surface area contributed by atoms with Crippen LogP contribution in [0.25, 0.3) is 0 Å². The third-order valence-corrected chi connectivity index (χ3v) is 7.36. The first-order valence-electron chi connectivity index (χ1n) is 15.8. The van der Waals surface area contributed by atoms with Crippen LogP contribution in [0, 0.1) is 5.92 Å². The number of alkyl carbamates (subject to hydrolysis) is 1. The molecule has 1 aromatic heterocycles. The second-order valence-electron chi connectivity index (χ2n) is 13.0. The lowest BCUT2D eigenvalue weighted by molar-refractivity contribution is -0.124. The van der Waals surface area contributed by atoms with Crippen molar-refractivity contribution in [3.8, 4) is 0 Å². The molecular weight excluding hydrogens is 582 g/mol. The number of aliphatic hydroxyl groups excluding tert-OH is 1. The van der Waals surface area contributed by atoms with Gasteiger partial charge in [-0.1, -0.05) is 80.6 Å². The van der Waals surface area contributed by atoms with Crippen molar-refractivity contribution in [2.24, 2.45) is 5.92 Å². The third kappa shape index (κ3) is 12.5. The van der Waals surface area contributed by atoms with E-state index in [1.807, 2.05) is 92.7 Å². The van der Waals surface area contributed by atoms with Gasteiger partial charge in [0.1, 0.15) is 11.6 Å². The molecule has 0 aliphatic heterocycles. The summed E-state index contributed by atoms with van der Waals surface area (Å²) >= 11 is 0. The number of urea groups is 1. The van der Waals surface area contributed by atoms with E-state index >= 15 is 0 Å². The number of hydrogen-bond donors (Lipinski definition) is 4. The molecule has 0 saturated heterocycles. The zero-order valence-electron chi connectivity index (χ0n) is 27.8. The lowest BCUT2D eigenvalue weighted by atomic mass is 9.93. The average Bonchev–Trinajstić information content (AvgIpc) is 2.99. The van der Waals surface area contributed by atoms with E-state index in [0.717, 1.165) is 16.8 Å². The first-order valence-corrected chi connectivity index (χ1v) is 15.8. The fraction of sp³-hybridized carbons (Fsp3) is 0.444. The maximum Gasteiger partial charge on any atom is 0.407 e. The lowest BCUT2D eigenvalue weighted by Crippen LogP contribution is -2.56. The quantitative estimate of drug-likeness (QED) is 0.201. The van der Waals surface area contributed by atoms with Crippen molar-refractivity contribution in [3.63, 3.8) is 0 Å². The highest BCUT2D eigenvalue weighted by molar-refractivity contribution is 5.87. The summed E-state index contributed by atoms with van der Waals surface area (Å²) in [5.74, 6) is -0.573. The first-order chi connectivity index (χ1) is 21.8. The van der Waals surface area contributed by atoms with Gasteiger partial charge in [0.15, 0.2) is 0 Å². The predicted molar refractivity (Wildman–Crippen MR) is 179 cm³/mol. The molecule has 0 fully saturated rings. The van der Waals surface area contributed by atoms with Crippen molar-refractivity contribution < 1.29 is 24.2 Å². The molecule has 0 unspecified atom stereocenters. The van der Waals surface area contributed by atoms with Crippen molar-refractivity contribution in [2.75, 3.05) is 7.05 Å². The fourth-order valence-corrected chi connectivity index (χ4v) is 5.03. The lowest BCUT2D eigenvalue weighted by Gasteiger charge is -2.31. The van der Waals surface area contributed by atoms with Gasteiger partial charge in [0.05, 0.1) is 24.4 Å². The highest BCUT2D eigenvalue weighted by atomic mass is 16.6. The van der Waals surface area contributed by atoms with Gasteiger partial charge in [-0.2, -0.15) is 0 Å². The largest absolute Gasteiger partial charge is 0.444 e. The predicted octanol–water partition coefficient (Wildman–Crippen LogP) is 4.86. The van der Waals surface area contributed by atoms with Gasteiger partial charge in [-0.3, -0.25) is 9.78 Å². The standard InChI is InChI=1S/C36H49N5O5/c1-25(2)32(40-34(44)41(6)24-28-19-13-14-20-37-28)33(43)38-29(21-26-15-9-7-10-16-26)23-31(42)30(22-27-17-11-8-12-18-27)39-35(45)46-36(3,4)5/h7-20,25,29-32,42H,21-24H2,1-6H3,(H,38,43)(H,39,45)(H,40,44)/t29-,30-,31-,32-/m0/s1. The Morgan fingerprint density at radius 3 is 1.98 bits per heavy atom. The minimum absolute atomic E-state index is 0.145. The molecule has 10 heteroatoms. The number of hydrogen-bond acceptors (Lipinski definition) is 6. The van der Waals surface area contributed by atoms with E-state index in [0.29, 0.717) is 12.8 Å². The van der Waals surface area contributed by atoms with E-state index in [-0.39, 0.29) is 24.8 Å². The van der Waals surface area contributed by atoms with Crippen LogP contribution in [0.4, 0.5) is 9.59 Å². The molecule has 46 heavy (non-hydrogen) atoms. The number of carbonyl (C=O) groups is 3. The maximum absolute atomic E-state index is 13.8. The molecule has 4 atom stereocenters. The van der Waals surface area contributed by atoms with Gasteiger partial charge in [0.2, 0.25) is 5.91 Å². The van der Waals surface area contributed by atoms with Crippen molar-refractivity contribution in [2.45, 2.75) is 90.3 Å². The second kappa shape index (κ2) is 17.3.